The maximum Gasteiger partial charge on any atom is 0.227 e. The molecule has 6 heteroatoms. The van der Waals surface area contributed by atoms with Gasteiger partial charge in [-0.05, 0) is 12.1 Å². The van der Waals surface area contributed by atoms with Gasteiger partial charge in [-0.1, -0.05) is 11.6 Å². The van der Waals surface area contributed by atoms with Crippen LogP contribution in [-0.2, 0) is 9.59 Å². The van der Waals surface area contributed by atoms with Crippen LogP contribution in [0.1, 0.15) is 6.42 Å². The topological polar surface area (TPSA) is 72.6 Å². The van der Waals surface area contributed by atoms with Crippen LogP contribution in [0.25, 0.3) is 0 Å². The van der Waals surface area contributed by atoms with Crippen molar-refractivity contribution in [2.24, 2.45) is 11.7 Å². The van der Waals surface area contributed by atoms with Crippen LogP contribution < -0.4 is 15.4 Å². The van der Waals surface area contributed by atoms with E-state index < -0.39 is 11.8 Å². The van der Waals surface area contributed by atoms with Gasteiger partial charge in [0.25, 0.3) is 0 Å². The number of nitrogens with two attached hydrogens (primary N) is 1. The first-order chi connectivity index (χ1) is 8.52. The van der Waals surface area contributed by atoms with Crippen molar-refractivity contribution in [3.8, 4) is 5.75 Å². The second-order valence-electron chi connectivity index (χ2n) is 4.12. The number of ether oxygens (including phenoxy) is 1. The second-order valence-corrected chi connectivity index (χ2v) is 4.56. The van der Waals surface area contributed by atoms with Gasteiger partial charge < -0.3 is 15.4 Å². The van der Waals surface area contributed by atoms with Crippen molar-refractivity contribution in [2.75, 3.05) is 18.6 Å². The van der Waals surface area contributed by atoms with Gasteiger partial charge in [0.15, 0.2) is 0 Å². The van der Waals surface area contributed by atoms with Crippen LogP contribution in [0.15, 0.2) is 18.2 Å². The predicted molar refractivity (Wildman–Crippen MR) is 67.7 cm³/mol. The number of carbonyl (C=O) groups is 2. The molecule has 1 aromatic carbocycles. The van der Waals surface area contributed by atoms with E-state index in [9.17, 15) is 9.59 Å². The number of halogens is 1. The third-order valence-corrected chi connectivity index (χ3v) is 3.20. The molecule has 1 saturated heterocycles. The number of methoxy groups -OCH3 is 1. The summed E-state index contributed by atoms with van der Waals surface area (Å²) in [5.41, 5.74) is 5.83. The summed E-state index contributed by atoms with van der Waals surface area (Å²) >= 11 is 5.86. The summed E-state index contributed by atoms with van der Waals surface area (Å²) in [7, 11) is 1.50. The smallest absolute Gasteiger partial charge is 0.227 e. The molecule has 0 bridgehead atoms. The van der Waals surface area contributed by atoms with E-state index in [1.54, 1.807) is 18.2 Å². The minimum atomic E-state index is -0.459. The highest BCUT2D eigenvalue weighted by molar-refractivity contribution is 6.30. The number of rotatable bonds is 3. The number of carbonyl (C=O) groups excluding carboxylic acids is 2. The van der Waals surface area contributed by atoms with Crippen LogP contribution in [0.4, 0.5) is 5.69 Å². The fraction of sp³-hybridized carbons (Fsp3) is 0.333. The van der Waals surface area contributed by atoms with Gasteiger partial charge in [0.2, 0.25) is 11.8 Å². The SMILES string of the molecule is COc1cc(Cl)ccc1N1CC(C(N)=O)CC1=O. The Bertz CT molecular complexity index is 504. The largest absolute Gasteiger partial charge is 0.495 e. The molecule has 2 N–H and O–H groups in total. The van der Waals surface area contributed by atoms with E-state index >= 15 is 0 Å². The highest BCUT2D eigenvalue weighted by Crippen LogP contribution is 2.34. The highest BCUT2D eigenvalue weighted by atomic mass is 35.5. The summed E-state index contributed by atoms with van der Waals surface area (Å²) in [6.45, 7) is 0.284. The molecule has 1 unspecified atom stereocenters. The summed E-state index contributed by atoms with van der Waals surface area (Å²) in [6.07, 6.45) is 0.140. The van der Waals surface area contributed by atoms with E-state index in [0.717, 1.165) is 0 Å². The first-order valence-electron chi connectivity index (χ1n) is 5.46. The quantitative estimate of drug-likeness (QED) is 0.895. The van der Waals surface area contributed by atoms with Crippen LogP contribution in [0, 0.1) is 5.92 Å². The van der Waals surface area contributed by atoms with E-state index in [1.807, 2.05) is 0 Å². The zero-order valence-electron chi connectivity index (χ0n) is 9.85. The molecule has 1 heterocycles. The lowest BCUT2D eigenvalue weighted by molar-refractivity contribution is -0.123. The van der Waals surface area contributed by atoms with Crippen LogP contribution in [0.3, 0.4) is 0 Å². The van der Waals surface area contributed by atoms with Crippen LogP contribution >= 0.6 is 11.6 Å². The maximum absolute atomic E-state index is 11.9. The number of anilines is 1. The molecule has 0 aromatic heterocycles. The van der Waals surface area contributed by atoms with Crippen molar-refractivity contribution in [3.05, 3.63) is 23.2 Å². The van der Waals surface area contributed by atoms with Crippen molar-refractivity contribution in [2.45, 2.75) is 6.42 Å². The van der Waals surface area contributed by atoms with E-state index in [2.05, 4.69) is 0 Å². The lowest BCUT2D eigenvalue weighted by Gasteiger charge is -2.19. The fourth-order valence-electron chi connectivity index (χ4n) is 2.01. The molecular weight excluding hydrogens is 256 g/mol. The normalized spacial score (nSPS) is 19.1. The van der Waals surface area contributed by atoms with Gasteiger partial charge in [0.1, 0.15) is 5.75 Å². The van der Waals surface area contributed by atoms with E-state index in [-0.39, 0.29) is 18.9 Å². The fourth-order valence-corrected chi connectivity index (χ4v) is 2.17. The first-order valence-corrected chi connectivity index (χ1v) is 5.84. The average Bonchev–Trinajstić information content (AvgIpc) is 2.71. The van der Waals surface area contributed by atoms with Crippen molar-refractivity contribution in [1.29, 1.82) is 0 Å². The molecule has 0 aliphatic carbocycles. The Balaban J connectivity index is 2.32. The number of benzene rings is 1. The van der Waals surface area contributed by atoms with Crippen molar-refractivity contribution < 1.29 is 14.3 Å². The molecule has 0 radical (unpaired) electrons. The third-order valence-electron chi connectivity index (χ3n) is 2.96. The van der Waals surface area contributed by atoms with Crippen LogP contribution in [-0.4, -0.2) is 25.5 Å². The number of amides is 2. The number of primary amides is 1. The summed E-state index contributed by atoms with van der Waals surface area (Å²) in [6, 6.07) is 4.99. The number of hydrogen-bond donors (Lipinski definition) is 1. The van der Waals surface area contributed by atoms with E-state index in [0.29, 0.717) is 16.5 Å². The molecule has 1 aromatic rings. The molecule has 96 valence electrons. The Morgan fingerprint density at radius 2 is 2.28 bits per heavy atom. The molecule has 18 heavy (non-hydrogen) atoms. The number of hydrogen-bond acceptors (Lipinski definition) is 3. The van der Waals surface area contributed by atoms with Crippen molar-refractivity contribution in [3.63, 3.8) is 0 Å². The van der Waals surface area contributed by atoms with Crippen LogP contribution in [0.2, 0.25) is 5.02 Å². The Hall–Kier alpha value is -1.75. The monoisotopic (exact) mass is 268 g/mol. The van der Waals surface area contributed by atoms with Gasteiger partial charge >= 0.3 is 0 Å². The van der Waals surface area contributed by atoms with Gasteiger partial charge in [-0.3, -0.25) is 9.59 Å². The lowest BCUT2D eigenvalue weighted by Crippen LogP contribution is -2.28. The highest BCUT2D eigenvalue weighted by Gasteiger charge is 2.35. The Kier molecular flexibility index (Phi) is 3.43. The molecule has 0 saturated carbocycles. The molecule has 1 atom stereocenters. The molecule has 0 spiro atoms. The Morgan fingerprint density at radius 1 is 1.56 bits per heavy atom. The summed E-state index contributed by atoms with van der Waals surface area (Å²) in [5, 5.41) is 0.522. The molecule has 5 nitrogen and oxygen atoms in total. The van der Waals surface area contributed by atoms with Gasteiger partial charge in [0, 0.05) is 24.1 Å². The average molecular weight is 269 g/mol. The van der Waals surface area contributed by atoms with E-state index in [4.69, 9.17) is 22.1 Å². The molecular formula is C12H13ClN2O3. The summed E-state index contributed by atoms with van der Waals surface area (Å²) < 4.78 is 5.19. The second kappa shape index (κ2) is 4.86. The Labute approximate surface area is 109 Å². The maximum atomic E-state index is 11.9. The lowest BCUT2D eigenvalue weighted by atomic mass is 10.1. The molecule has 2 rings (SSSR count). The molecule has 1 fully saturated rings. The van der Waals surface area contributed by atoms with Gasteiger partial charge in [-0.25, -0.2) is 0 Å². The summed E-state index contributed by atoms with van der Waals surface area (Å²) in [5.74, 6) is -0.544. The minimum Gasteiger partial charge on any atom is -0.495 e. The predicted octanol–water partition coefficient (Wildman–Crippen LogP) is 1.19. The zero-order valence-corrected chi connectivity index (χ0v) is 10.6. The van der Waals surface area contributed by atoms with Crippen molar-refractivity contribution in [1.82, 2.24) is 0 Å². The third kappa shape index (κ3) is 2.26. The zero-order chi connectivity index (χ0) is 13.3. The van der Waals surface area contributed by atoms with E-state index in [1.165, 1.54) is 12.0 Å². The van der Waals surface area contributed by atoms with Gasteiger partial charge in [-0.15, -0.1) is 0 Å². The van der Waals surface area contributed by atoms with Gasteiger partial charge in [0.05, 0.1) is 18.7 Å². The standard InChI is InChI=1S/C12H13ClN2O3/c1-18-10-5-8(13)2-3-9(10)15-6-7(12(14)17)4-11(15)16/h2-3,5,7H,4,6H2,1H3,(H2,14,17). The number of nitrogens with zero attached hydrogens (tertiary/aromatic N) is 1. The Morgan fingerprint density at radius 3 is 2.83 bits per heavy atom. The van der Waals surface area contributed by atoms with Crippen molar-refractivity contribution >= 4 is 29.1 Å². The first kappa shape index (κ1) is 12.7. The molecule has 2 amide bonds. The molecule has 1 aliphatic rings. The molecule has 1 aliphatic heterocycles. The van der Waals surface area contributed by atoms with Gasteiger partial charge in [-0.2, -0.15) is 0 Å². The summed E-state index contributed by atoms with van der Waals surface area (Å²) in [4.78, 5) is 24.5. The minimum absolute atomic E-state index is 0.139. The van der Waals surface area contributed by atoms with Crippen LogP contribution in [0.5, 0.6) is 5.75 Å².